The topological polar surface area (TPSA) is 111 Å². The number of halogens is 1. The van der Waals surface area contributed by atoms with Crippen LogP contribution in [0.15, 0.2) is 42.7 Å². The van der Waals surface area contributed by atoms with E-state index in [9.17, 15) is 14.9 Å². The van der Waals surface area contributed by atoms with E-state index < -0.39 is 23.2 Å². The van der Waals surface area contributed by atoms with Crippen LogP contribution in [0.1, 0.15) is 55.2 Å². The van der Waals surface area contributed by atoms with Gasteiger partial charge in [0.25, 0.3) is 5.91 Å². The molecule has 1 aromatic carbocycles. The molecule has 0 saturated heterocycles. The highest BCUT2D eigenvalue weighted by Crippen LogP contribution is 2.37. The lowest BCUT2D eigenvalue weighted by Gasteiger charge is -2.37. The summed E-state index contributed by atoms with van der Waals surface area (Å²) in [6.07, 6.45) is 4.68. The lowest BCUT2D eigenvalue weighted by atomic mass is 9.80. The highest BCUT2D eigenvalue weighted by Gasteiger charge is 2.34. The maximum absolute atomic E-state index is 15.5. The highest BCUT2D eigenvalue weighted by molar-refractivity contribution is 6.07. The number of urea groups is 1. The lowest BCUT2D eigenvalue weighted by Crippen LogP contribution is -2.47. The van der Waals surface area contributed by atoms with E-state index in [1.807, 2.05) is 39.0 Å². The number of nitriles is 1. The zero-order chi connectivity index (χ0) is 28.3. The van der Waals surface area contributed by atoms with Crippen LogP contribution in [-0.2, 0) is 12.0 Å². The largest absolute Gasteiger partial charge is 0.497 e. The van der Waals surface area contributed by atoms with E-state index in [2.05, 4.69) is 21.4 Å². The average Bonchev–Trinajstić information content (AvgIpc) is 2.98. The van der Waals surface area contributed by atoms with Gasteiger partial charge in [0.15, 0.2) is 5.82 Å². The Morgan fingerprint density at radius 1 is 1.15 bits per heavy atom. The minimum Gasteiger partial charge on any atom is -0.497 e. The molecule has 0 spiro atoms. The zero-order valence-electron chi connectivity index (χ0n) is 22.7. The summed E-state index contributed by atoms with van der Waals surface area (Å²) in [5.41, 5.74) is 2.56. The highest BCUT2D eigenvalue weighted by atomic mass is 19.1. The van der Waals surface area contributed by atoms with Crippen molar-refractivity contribution in [3.8, 4) is 23.1 Å². The number of carbonyl (C=O) groups is 2. The van der Waals surface area contributed by atoms with E-state index >= 15 is 4.39 Å². The summed E-state index contributed by atoms with van der Waals surface area (Å²) < 4.78 is 20.8. The number of aromatic nitrogens is 2. The van der Waals surface area contributed by atoms with Crippen molar-refractivity contribution in [1.82, 2.24) is 15.3 Å². The first-order chi connectivity index (χ1) is 18.8. The standard InChI is InChI=1S/C29H31FN6O3/c1-6-29(7-2,17-31)25-10-9-18(14-34-25)22-13-23-19(15-33-22)16-36(28(38)35(23)8-3)24-12-20(39-5)11-21(26(24)30)27(37)32-4/h9-15H,6-8,16H2,1-5H3,(H,32,37). The number of amides is 3. The molecule has 10 heteroatoms. The van der Waals surface area contributed by atoms with Gasteiger partial charge in [0.2, 0.25) is 0 Å². The number of nitrogens with one attached hydrogen (secondary N) is 1. The van der Waals surface area contributed by atoms with Gasteiger partial charge >= 0.3 is 6.03 Å². The number of nitrogens with zero attached hydrogens (tertiary/aromatic N) is 5. The smallest absolute Gasteiger partial charge is 0.329 e. The molecule has 0 unspecified atom stereocenters. The van der Waals surface area contributed by atoms with Crippen molar-refractivity contribution in [3.05, 3.63) is 65.4 Å². The molecule has 3 amide bonds. The van der Waals surface area contributed by atoms with Gasteiger partial charge in [0, 0.05) is 43.2 Å². The maximum atomic E-state index is 15.5. The summed E-state index contributed by atoms with van der Waals surface area (Å²) in [5.74, 6) is -1.19. The molecule has 0 atom stereocenters. The molecule has 202 valence electrons. The molecule has 0 saturated carbocycles. The van der Waals surface area contributed by atoms with Crippen molar-refractivity contribution in [2.45, 2.75) is 45.6 Å². The Hall–Kier alpha value is -4.52. The molecular weight excluding hydrogens is 499 g/mol. The third-order valence-electron chi connectivity index (χ3n) is 7.35. The number of hydrogen-bond donors (Lipinski definition) is 1. The third-order valence-corrected chi connectivity index (χ3v) is 7.35. The van der Waals surface area contributed by atoms with Crippen LogP contribution in [0, 0.1) is 17.1 Å². The number of hydrogen-bond acceptors (Lipinski definition) is 6. The number of methoxy groups -OCH3 is 1. The minimum atomic E-state index is -0.814. The Kier molecular flexibility index (Phi) is 7.81. The van der Waals surface area contributed by atoms with Gasteiger partial charge in [-0.25, -0.2) is 9.18 Å². The predicted molar refractivity (Wildman–Crippen MR) is 146 cm³/mol. The van der Waals surface area contributed by atoms with Gasteiger partial charge < -0.3 is 10.1 Å². The average molecular weight is 531 g/mol. The Morgan fingerprint density at radius 3 is 2.46 bits per heavy atom. The maximum Gasteiger partial charge on any atom is 0.329 e. The molecule has 2 aromatic heterocycles. The van der Waals surface area contributed by atoms with Crippen molar-refractivity contribution in [2.24, 2.45) is 0 Å². The fraction of sp³-hybridized carbons (Fsp3) is 0.345. The first-order valence-corrected chi connectivity index (χ1v) is 12.8. The Balaban J connectivity index is 1.73. The number of benzene rings is 1. The second kappa shape index (κ2) is 11.1. The molecule has 1 aliphatic heterocycles. The van der Waals surface area contributed by atoms with Crippen molar-refractivity contribution in [1.29, 1.82) is 5.26 Å². The fourth-order valence-corrected chi connectivity index (χ4v) is 4.84. The van der Waals surface area contributed by atoms with E-state index in [1.165, 1.54) is 31.2 Å². The fourth-order valence-electron chi connectivity index (χ4n) is 4.84. The van der Waals surface area contributed by atoms with Crippen LogP contribution in [-0.4, -0.2) is 42.6 Å². The van der Waals surface area contributed by atoms with Gasteiger partial charge in [-0.05, 0) is 44.0 Å². The number of fused-ring (bicyclic) bond motifs is 1. The van der Waals surface area contributed by atoms with E-state index in [1.54, 1.807) is 17.3 Å². The Morgan fingerprint density at radius 2 is 1.90 bits per heavy atom. The summed E-state index contributed by atoms with van der Waals surface area (Å²) in [7, 11) is 2.82. The molecule has 4 rings (SSSR count). The molecule has 0 radical (unpaired) electrons. The van der Waals surface area contributed by atoms with Crippen LogP contribution in [0.5, 0.6) is 5.75 Å². The third kappa shape index (κ3) is 4.76. The summed E-state index contributed by atoms with van der Waals surface area (Å²) >= 11 is 0. The molecule has 0 aliphatic carbocycles. The van der Waals surface area contributed by atoms with E-state index in [-0.39, 0.29) is 23.5 Å². The van der Waals surface area contributed by atoms with Gasteiger partial charge in [-0.15, -0.1) is 0 Å². The molecule has 0 fully saturated rings. The number of rotatable bonds is 8. The van der Waals surface area contributed by atoms with Crippen LogP contribution >= 0.6 is 0 Å². The second-order valence-corrected chi connectivity index (χ2v) is 9.23. The molecular formula is C29H31FN6O3. The summed E-state index contributed by atoms with van der Waals surface area (Å²) in [6.45, 7) is 6.17. The van der Waals surface area contributed by atoms with Gasteiger partial charge in [-0.3, -0.25) is 24.6 Å². The number of ether oxygens (including phenoxy) is 1. The minimum absolute atomic E-state index is 0.0567. The molecule has 3 heterocycles. The van der Waals surface area contributed by atoms with Crippen LogP contribution in [0.4, 0.5) is 20.6 Å². The van der Waals surface area contributed by atoms with Crippen LogP contribution in [0.3, 0.4) is 0 Å². The second-order valence-electron chi connectivity index (χ2n) is 9.23. The molecule has 1 aliphatic rings. The van der Waals surface area contributed by atoms with Gasteiger partial charge in [-0.2, -0.15) is 5.26 Å². The lowest BCUT2D eigenvalue weighted by molar-refractivity contribution is 0.0958. The zero-order valence-corrected chi connectivity index (χ0v) is 22.7. The normalized spacial score (nSPS) is 13.1. The van der Waals surface area contributed by atoms with E-state index in [0.717, 1.165) is 5.56 Å². The summed E-state index contributed by atoms with van der Waals surface area (Å²) in [5, 5.41) is 12.2. The molecule has 39 heavy (non-hydrogen) atoms. The summed E-state index contributed by atoms with van der Waals surface area (Å²) in [6, 6.07) is 10.2. The van der Waals surface area contributed by atoms with Crippen molar-refractivity contribution >= 4 is 23.3 Å². The number of pyridine rings is 2. The first-order valence-electron chi connectivity index (χ1n) is 12.8. The molecule has 9 nitrogen and oxygen atoms in total. The van der Waals surface area contributed by atoms with Gasteiger partial charge in [-0.1, -0.05) is 13.8 Å². The van der Waals surface area contributed by atoms with Gasteiger partial charge in [0.1, 0.15) is 5.75 Å². The van der Waals surface area contributed by atoms with Crippen LogP contribution in [0.2, 0.25) is 0 Å². The monoisotopic (exact) mass is 530 g/mol. The first kappa shape index (κ1) is 27.5. The Bertz CT molecular complexity index is 1450. The van der Waals surface area contributed by atoms with E-state index in [4.69, 9.17) is 4.74 Å². The van der Waals surface area contributed by atoms with Crippen LogP contribution < -0.4 is 19.9 Å². The van der Waals surface area contributed by atoms with Crippen molar-refractivity contribution in [3.63, 3.8) is 0 Å². The van der Waals surface area contributed by atoms with Crippen molar-refractivity contribution in [2.75, 3.05) is 30.5 Å². The summed E-state index contributed by atoms with van der Waals surface area (Å²) in [4.78, 5) is 37.9. The quantitative estimate of drug-likeness (QED) is 0.429. The predicted octanol–water partition coefficient (Wildman–Crippen LogP) is 5.20. The molecule has 1 N–H and O–H groups in total. The number of carbonyl (C=O) groups excluding carboxylic acids is 2. The Labute approximate surface area is 227 Å². The number of anilines is 2. The van der Waals surface area contributed by atoms with Crippen LogP contribution in [0.25, 0.3) is 11.3 Å². The molecule has 3 aromatic rings. The molecule has 0 bridgehead atoms. The SMILES string of the molecule is CCN1C(=O)N(c2cc(OC)cc(C(=O)NC)c2F)Cc2cnc(-c3ccc(C(C#N)(CC)CC)nc3)cc21. The van der Waals surface area contributed by atoms with Crippen molar-refractivity contribution < 1.29 is 18.7 Å². The van der Waals surface area contributed by atoms with Gasteiger partial charge in [0.05, 0.1) is 53.5 Å². The van der Waals surface area contributed by atoms with E-state index in [0.29, 0.717) is 42.0 Å².